The molecule has 1 unspecified atom stereocenters. The number of hydrogen-bond donors (Lipinski definition) is 0. The third-order valence-corrected chi connectivity index (χ3v) is 9.34. The van der Waals surface area contributed by atoms with Crippen LogP contribution in [0.15, 0.2) is 49.1 Å². The van der Waals surface area contributed by atoms with Crippen molar-refractivity contribution in [3.05, 3.63) is 60.2 Å². The Balaban J connectivity index is 1.75. The zero-order valence-corrected chi connectivity index (χ0v) is 21.8. The highest BCUT2D eigenvalue weighted by molar-refractivity contribution is 7.91. The van der Waals surface area contributed by atoms with Gasteiger partial charge in [0.25, 0.3) is 5.91 Å². The number of ketones is 1. The predicted molar refractivity (Wildman–Crippen MR) is 136 cm³/mol. The fraction of sp³-hybridized carbons (Fsp3) is 0.556. The molecule has 1 fully saturated rings. The molecule has 0 bridgehead atoms. The average Bonchev–Trinajstić information content (AvgIpc) is 3.33. The SMILES string of the molecule is CCC(C)(C)C(=O)C(=O)N1CCC[C@H]1C(c1cccnc1)S(=O)(=O)CCCCCc1cccnc1. The second-order valence-corrected chi connectivity index (χ2v) is 12.3. The lowest BCUT2D eigenvalue weighted by atomic mass is 9.84. The maximum Gasteiger partial charge on any atom is 0.290 e. The molecular weight excluding hydrogens is 462 g/mol. The topological polar surface area (TPSA) is 97.3 Å². The number of amides is 1. The van der Waals surface area contributed by atoms with Crippen molar-refractivity contribution in [1.82, 2.24) is 14.9 Å². The van der Waals surface area contributed by atoms with E-state index in [-0.39, 0.29) is 5.75 Å². The Kier molecular flexibility index (Phi) is 9.16. The van der Waals surface area contributed by atoms with E-state index in [9.17, 15) is 18.0 Å². The number of aryl methyl sites for hydroxylation is 1. The van der Waals surface area contributed by atoms with Crippen LogP contribution in [0, 0.1) is 5.41 Å². The molecule has 3 rings (SSSR count). The van der Waals surface area contributed by atoms with E-state index >= 15 is 0 Å². The summed E-state index contributed by atoms with van der Waals surface area (Å²) in [5.74, 6) is -0.989. The molecule has 1 aliphatic heterocycles. The molecule has 2 atom stereocenters. The van der Waals surface area contributed by atoms with Gasteiger partial charge in [-0.1, -0.05) is 39.3 Å². The molecule has 0 spiro atoms. The number of pyridine rings is 2. The Bertz CT molecular complexity index is 1090. The first-order valence-corrected chi connectivity index (χ1v) is 14.2. The van der Waals surface area contributed by atoms with E-state index in [0.29, 0.717) is 37.8 Å². The Hall–Kier alpha value is -2.61. The normalized spacial score (nSPS) is 17.3. The van der Waals surface area contributed by atoms with Crippen LogP contribution in [0.2, 0.25) is 0 Å². The fourth-order valence-corrected chi connectivity index (χ4v) is 6.81. The van der Waals surface area contributed by atoms with E-state index < -0.39 is 38.2 Å². The molecule has 35 heavy (non-hydrogen) atoms. The molecule has 0 saturated carbocycles. The van der Waals surface area contributed by atoms with Gasteiger partial charge in [0.15, 0.2) is 9.84 Å². The number of rotatable bonds is 12. The minimum Gasteiger partial charge on any atom is -0.331 e. The van der Waals surface area contributed by atoms with Crippen molar-refractivity contribution in [3.63, 3.8) is 0 Å². The second-order valence-electron chi connectivity index (χ2n) is 10.0. The smallest absolute Gasteiger partial charge is 0.290 e. The Morgan fingerprint density at radius 1 is 1.09 bits per heavy atom. The van der Waals surface area contributed by atoms with Gasteiger partial charge in [0.05, 0.1) is 11.8 Å². The van der Waals surface area contributed by atoms with Crippen LogP contribution in [0.4, 0.5) is 0 Å². The van der Waals surface area contributed by atoms with Crippen LogP contribution in [0.5, 0.6) is 0 Å². The van der Waals surface area contributed by atoms with E-state index in [1.165, 1.54) is 4.90 Å². The molecular formula is C27H37N3O4S. The van der Waals surface area contributed by atoms with E-state index in [1.807, 2.05) is 25.3 Å². The molecule has 3 heterocycles. The molecule has 0 aromatic carbocycles. The van der Waals surface area contributed by atoms with E-state index in [0.717, 1.165) is 24.8 Å². The third kappa shape index (κ3) is 6.75. The van der Waals surface area contributed by atoms with Gasteiger partial charge in [0, 0.05) is 36.7 Å². The summed E-state index contributed by atoms with van der Waals surface area (Å²) < 4.78 is 27.4. The van der Waals surface area contributed by atoms with Crippen molar-refractivity contribution in [3.8, 4) is 0 Å². The Morgan fingerprint density at radius 2 is 1.80 bits per heavy atom. The predicted octanol–water partition coefficient (Wildman–Crippen LogP) is 4.34. The van der Waals surface area contributed by atoms with Gasteiger partial charge in [-0.05, 0) is 61.8 Å². The zero-order valence-electron chi connectivity index (χ0n) is 21.0. The van der Waals surface area contributed by atoms with Crippen molar-refractivity contribution >= 4 is 21.5 Å². The van der Waals surface area contributed by atoms with Crippen LogP contribution in [0.1, 0.15) is 75.7 Å². The first kappa shape index (κ1) is 27.0. The quantitative estimate of drug-likeness (QED) is 0.318. The van der Waals surface area contributed by atoms with Crippen molar-refractivity contribution in [2.75, 3.05) is 12.3 Å². The van der Waals surface area contributed by atoms with Crippen molar-refractivity contribution in [2.24, 2.45) is 5.41 Å². The summed E-state index contributed by atoms with van der Waals surface area (Å²) in [7, 11) is -3.59. The van der Waals surface area contributed by atoms with Crippen molar-refractivity contribution in [2.45, 2.75) is 77.0 Å². The third-order valence-electron chi connectivity index (χ3n) is 7.12. The number of Topliss-reactive ketones (excluding diaryl/α,β-unsaturated/α-hetero) is 1. The average molecular weight is 500 g/mol. The fourth-order valence-electron chi connectivity index (χ4n) is 4.64. The summed E-state index contributed by atoms with van der Waals surface area (Å²) in [5, 5.41) is -0.890. The molecule has 0 N–H and O–H groups in total. The van der Waals surface area contributed by atoms with E-state index in [2.05, 4.69) is 9.97 Å². The molecule has 0 radical (unpaired) electrons. The summed E-state index contributed by atoms with van der Waals surface area (Å²) >= 11 is 0. The maximum absolute atomic E-state index is 13.7. The van der Waals surface area contributed by atoms with Crippen LogP contribution in [-0.4, -0.2) is 53.3 Å². The number of unbranched alkanes of at least 4 members (excludes halogenated alkanes) is 2. The Labute approximate surface area is 209 Å². The van der Waals surface area contributed by atoms with Crippen LogP contribution in [0.3, 0.4) is 0 Å². The highest BCUT2D eigenvalue weighted by Gasteiger charge is 2.45. The number of nitrogens with zero attached hydrogens (tertiary/aromatic N) is 3. The molecule has 190 valence electrons. The van der Waals surface area contributed by atoms with Gasteiger partial charge in [-0.25, -0.2) is 8.42 Å². The summed E-state index contributed by atoms with van der Waals surface area (Å²) in [5.41, 5.74) is 0.944. The van der Waals surface area contributed by atoms with E-state index in [1.54, 1.807) is 44.6 Å². The lowest BCUT2D eigenvalue weighted by Gasteiger charge is -2.33. The van der Waals surface area contributed by atoms with Gasteiger partial charge in [-0.15, -0.1) is 0 Å². The van der Waals surface area contributed by atoms with Crippen LogP contribution < -0.4 is 0 Å². The van der Waals surface area contributed by atoms with Crippen LogP contribution in [0.25, 0.3) is 0 Å². The first-order valence-electron chi connectivity index (χ1n) is 12.5. The monoisotopic (exact) mass is 499 g/mol. The van der Waals surface area contributed by atoms with Gasteiger partial charge < -0.3 is 4.90 Å². The summed E-state index contributed by atoms with van der Waals surface area (Å²) in [6, 6.07) is 6.84. The van der Waals surface area contributed by atoms with Crippen LogP contribution >= 0.6 is 0 Å². The number of sulfone groups is 1. The van der Waals surface area contributed by atoms with Crippen molar-refractivity contribution in [1.29, 1.82) is 0 Å². The van der Waals surface area contributed by atoms with Crippen molar-refractivity contribution < 1.29 is 18.0 Å². The molecule has 0 aliphatic carbocycles. The highest BCUT2D eigenvalue weighted by atomic mass is 32.2. The van der Waals surface area contributed by atoms with E-state index in [4.69, 9.17) is 0 Å². The number of carbonyl (C=O) groups excluding carboxylic acids is 2. The minimum atomic E-state index is -3.59. The molecule has 1 amide bonds. The van der Waals surface area contributed by atoms with Gasteiger partial charge in [0.1, 0.15) is 5.25 Å². The van der Waals surface area contributed by atoms with Gasteiger partial charge >= 0.3 is 0 Å². The van der Waals surface area contributed by atoms with Gasteiger partial charge in [-0.3, -0.25) is 19.6 Å². The molecule has 1 aliphatic rings. The minimum absolute atomic E-state index is 0.0343. The molecule has 2 aromatic rings. The van der Waals surface area contributed by atoms with Crippen LogP contribution in [-0.2, 0) is 25.8 Å². The summed E-state index contributed by atoms with van der Waals surface area (Å²) in [4.78, 5) is 35.9. The second kappa shape index (κ2) is 11.9. The maximum atomic E-state index is 13.7. The lowest BCUT2D eigenvalue weighted by Crippen LogP contribution is -2.48. The number of likely N-dealkylation sites (tertiary alicyclic amines) is 1. The molecule has 8 heteroatoms. The zero-order chi connectivity index (χ0) is 25.5. The summed E-state index contributed by atoms with van der Waals surface area (Å²) in [6.07, 6.45) is 11.6. The summed E-state index contributed by atoms with van der Waals surface area (Å²) in [6.45, 7) is 5.80. The largest absolute Gasteiger partial charge is 0.331 e. The van der Waals surface area contributed by atoms with Gasteiger partial charge in [-0.2, -0.15) is 0 Å². The Morgan fingerprint density at radius 3 is 2.43 bits per heavy atom. The lowest BCUT2D eigenvalue weighted by molar-refractivity contribution is -0.149. The number of hydrogen-bond acceptors (Lipinski definition) is 6. The molecule has 1 saturated heterocycles. The highest BCUT2D eigenvalue weighted by Crippen LogP contribution is 2.37. The molecule has 7 nitrogen and oxygen atoms in total. The first-order chi connectivity index (χ1) is 16.7. The standard InChI is InChI=1S/C27H37N3O4S/c1-4-27(2,3)25(31)26(32)30-17-10-14-23(30)24(22-13-9-16-29-20-22)35(33,34)18-7-5-6-11-21-12-8-15-28-19-21/h8-9,12-13,15-16,19-20,23-24H,4-7,10-11,14,17-18H2,1-3H3/t23-,24?/m0/s1. The number of aromatic nitrogens is 2. The molecule has 2 aromatic heterocycles. The van der Waals surface area contributed by atoms with Gasteiger partial charge in [0.2, 0.25) is 5.78 Å². The number of carbonyl (C=O) groups is 2.